The Labute approximate surface area is 207 Å². The maximum Gasteiger partial charge on any atom is 0.231 e. The van der Waals surface area contributed by atoms with Crippen molar-refractivity contribution in [1.29, 1.82) is 0 Å². The van der Waals surface area contributed by atoms with E-state index in [9.17, 15) is 0 Å². The number of methoxy groups -OCH3 is 1. The minimum absolute atomic E-state index is 0. The van der Waals surface area contributed by atoms with Crippen molar-refractivity contribution in [1.82, 2.24) is 9.97 Å². The van der Waals surface area contributed by atoms with E-state index in [1.165, 1.54) is 6.33 Å². The summed E-state index contributed by atoms with van der Waals surface area (Å²) < 4.78 is 22.6. The van der Waals surface area contributed by atoms with Gasteiger partial charge in [-0.3, -0.25) is 0 Å². The smallest absolute Gasteiger partial charge is 0.231 e. The molecule has 0 saturated carbocycles. The number of benzene rings is 3. The molecule has 1 N–H and O–H groups in total. The van der Waals surface area contributed by atoms with Crippen molar-refractivity contribution >= 4 is 58.8 Å². The maximum atomic E-state index is 6.41. The summed E-state index contributed by atoms with van der Waals surface area (Å²) in [6, 6.07) is 17.1. The summed E-state index contributed by atoms with van der Waals surface area (Å²) in [5.74, 6) is 2.90. The Hall–Kier alpha value is -3.13. The van der Waals surface area contributed by atoms with Gasteiger partial charge in [-0.1, -0.05) is 41.9 Å². The van der Waals surface area contributed by atoms with E-state index >= 15 is 0 Å². The van der Waals surface area contributed by atoms with Crippen molar-refractivity contribution < 1.29 is 18.9 Å². The fourth-order valence-corrected chi connectivity index (χ4v) is 3.55. The molecule has 5 rings (SSSR count). The first-order valence-electron chi connectivity index (χ1n) is 9.57. The third-order valence-electron chi connectivity index (χ3n) is 4.89. The van der Waals surface area contributed by atoms with Crippen LogP contribution < -0.4 is 24.3 Å². The first kappa shape index (κ1) is 24.5. The largest absolute Gasteiger partial charge is 0.493 e. The van der Waals surface area contributed by atoms with Gasteiger partial charge in [-0.15, -0.1) is 24.8 Å². The summed E-state index contributed by atoms with van der Waals surface area (Å²) in [6.07, 6.45) is 1.48. The number of hydrogen-bond donors (Lipinski definition) is 1. The summed E-state index contributed by atoms with van der Waals surface area (Å²) in [5.41, 5.74) is 2.34. The second-order valence-corrected chi connectivity index (χ2v) is 7.21. The lowest BCUT2D eigenvalue weighted by Crippen LogP contribution is -2.01. The molecule has 10 heteroatoms. The summed E-state index contributed by atoms with van der Waals surface area (Å²) in [7, 11) is 1.60. The molecular weight excluding hydrogens is 489 g/mol. The van der Waals surface area contributed by atoms with E-state index in [-0.39, 0.29) is 31.6 Å². The molecule has 0 aliphatic carbocycles. The Morgan fingerprint density at radius 1 is 1.00 bits per heavy atom. The highest BCUT2D eigenvalue weighted by Gasteiger charge is 2.22. The SMILES string of the molecule is COc1cc2c(Nc3c(Cl)ccc4c3OCO4)ncnc2cc1OCc1ccccc1.Cl.Cl. The van der Waals surface area contributed by atoms with Gasteiger partial charge in [0.05, 0.1) is 17.6 Å². The number of rotatable bonds is 6. The molecule has 4 aromatic rings. The molecule has 0 radical (unpaired) electrons. The Bertz CT molecular complexity index is 1260. The fraction of sp³-hybridized carbons (Fsp3) is 0.130. The zero-order valence-electron chi connectivity index (χ0n) is 17.4. The van der Waals surface area contributed by atoms with Crippen molar-refractivity contribution in [2.75, 3.05) is 19.2 Å². The minimum Gasteiger partial charge on any atom is -0.493 e. The number of halogens is 3. The van der Waals surface area contributed by atoms with Gasteiger partial charge in [0.1, 0.15) is 24.4 Å². The quantitative estimate of drug-likeness (QED) is 0.333. The average Bonchev–Trinajstić information content (AvgIpc) is 3.29. The van der Waals surface area contributed by atoms with Gasteiger partial charge in [-0.05, 0) is 23.8 Å². The number of aromatic nitrogens is 2. The molecule has 0 spiro atoms. The molecule has 3 aromatic carbocycles. The molecule has 1 aromatic heterocycles. The van der Waals surface area contributed by atoms with Crippen LogP contribution in [0.2, 0.25) is 5.02 Å². The third kappa shape index (κ3) is 4.95. The Morgan fingerprint density at radius 2 is 1.82 bits per heavy atom. The van der Waals surface area contributed by atoms with Gasteiger partial charge < -0.3 is 24.3 Å². The number of nitrogens with zero attached hydrogens (tertiary/aromatic N) is 2. The van der Waals surface area contributed by atoms with Crippen LogP contribution in [0.4, 0.5) is 11.5 Å². The molecule has 0 saturated heterocycles. The van der Waals surface area contributed by atoms with Crippen LogP contribution in [0, 0.1) is 0 Å². The van der Waals surface area contributed by atoms with Crippen LogP contribution >= 0.6 is 36.4 Å². The Morgan fingerprint density at radius 3 is 2.61 bits per heavy atom. The van der Waals surface area contributed by atoms with E-state index in [0.29, 0.717) is 51.6 Å². The van der Waals surface area contributed by atoms with Crippen molar-refractivity contribution in [3.8, 4) is 23.0 Å². The molecule has 33 heavy (non-hydrogen) atoms. The average molecular weight is 509 g/mol. The molecule has 1 aliphatic rings. The standard InChI is InChI=1S/C23H18ClN3O4.2ClH/c1-28-19-9-15-17(10-20(19)29-11-14-5-3-2-4-6-14)25-12-26-23(15)27-21-16(24)7-8-18-22(21)31-13-30-18;;/h2-10,12H,11,13H2,1H3,(H,25,26,27);2*1H. The summed E-state index contributed by atoms with van der Waals surface area (Å²) in [5, 5.41) is 4.50. The first-order chi connectivity index (χ1) is 15.2. The third-order valence-corrected chi connectivity index (χ3v) is 5.20. The molecule has 0 bridgehead atoms. The second kappa shape index (κ2) is 10.7. The number of ether oxygens (including phenoxy) is 4. The number of fused-ring (bicyclic) bond motifs is 2. The van der Waals surface area contributed by atoms with Crippen molar-refractivity contribution in [3.63, 3.8) is 0 Å². The molecule has 0 unspecified atom stereocenters. The van der Waals surface area contributed by atoms with E-state index in [2.05, 4.69) is 15.3 Å². The summed E-state index contributed by atoms with van der Waals surface area (Å²) in [6.45, 7) is 0.562. The predicted molar refractivity (Wildman–Crippen MR) is 132 cm³/mol. The van der Waals surface area contributed by atoms with Gasteiger partial charge in [-0.2, -0.15) is 0 Å². The Kier molecular flexibility index (Phi) is 7.92. The molecular formula is C23H20Cl3N3O4. The van der Waals surface area contributed by atoms with E-state index in [0.717, 1.165) is 10.9 Å². The highest BCUT2D eigenvalue weighted by molar-refractivity contribution is 6.34. The lowest BCUT2D eigenvalue weighted by Gasteiger charge is -2.15. The van der Waals surface area contributed by atoms with Gasteiger partial charge >= 0.3 is 0 Å². The van der Waals surface area contributed by atoms with E-state index in [1.807, 2.05) is 42.5 Å². The first-order valence-corrected chi connectivity index (χ1v) is 9.95. The highest BCUT2D eigenvalue weighted by Crippen LogP contribution is 2.45. The van der Waals surface area contributed by atoms with Gasteiger partial charge in [0.2, 0.25) is 6.79 Å². The molecule has 0 atom stereocenters. The van der Waals surface area contributed by atoms with Crippen LogP contribution in [-0.2, 0) is 6.61 Å². The molecule has 0 amide bonds. The predicted octanol–water partition coefficient (Wildman–Crippen LogP) is 6.19. The Balaban J connectivity index is 0.00000153. The molecule has 172 valence electrons. The lowest BCUT2D eigenvalue weighted by atomic mass is 10.2. The van der Waals surface area contributed by atoms with E-state index < -0.39 is 0 Å². The number of anilines is 2. The van der Waals surface area contributed by atoms with Crippen LogP contribution in [-0.4, -0.2) is 23.9 Å². The fourth-order valence-electron chi connectivity index (χ4n) is 3.35. The van der Waals surface area contributed by atoms with E-state index in [1.54, 1.807) is 19.2 Å². The lowest BCUT2D eigenvalue weighted by molar-refractivity contribution is 0.174. The molecule has 2 heterocycles. The number of hydrogen-bond acceptors (Lipinski definition) is 7. The summed E-state index contributed by atoms with van der Waals surface area (Å²) in [4.78, 5) is 8.79. The van der Waals surface area contributed by atoms with Gasteiger partial charge in [0.15, 0.2) is 23.0 Å². The zero-order valence-corrected chi connectivity index (χ0v) is 19.8. The topological polar surface area (TPSA) is 74.7 Å². The number of nitrogens with one attached hydrogen (secondary N) is 1. The van der Waals surface area contributed by atoms with Crippen LogP contribution in [0.25, 0.3) is 10.9 Å². The van der Waals surface area contributed by atoms with Crippen molar-refractivity contribution in [3.05, 3.63) is 71.5 Å². The van der Waals surface area contributed by atoms with Gasteiger partial charge in [0.25, 0.3) is 0 Å². The summed E-state index contributed by atoms with van der Waals surface area (Å²) >= 11 is 6.41. The normalized spacial score (nSPS) is 11.3. The van der Waals surface area contributed by atoms with Crippen LogP contribution in [0.1, 0.15) is 5.56 Å². The van der Waals surface area contributed by atoms with Gasteiger partial charge in [0, 0.05) is 11.5 Å². The second-order valence-electron chi connectivity index (χ2n) is 6.80. The monoisotopic (exact) mass is 507 g/mol. The minimum atomic E-state index is 0. The molecule has 7 nitrogen and oxygen atoms in total. The van der Waals surface area contributed by atoms with Crippen molar-refractivity contribution in [2.45, 2.75) is 6.61 Å². The highest BCUT2D eigenvalue weighted by atomic mass is 35.5. The van der Waals surface area contributed by atoms with Crippen molar-refractivity contribution in [2.24, 2.45) is 0 Å². The van der Waals surface area contributed by atoms with Crippen LogP contribution in [0.3, 0.4) is 0 Å². The van der Waals surface area contributed by atoms with Crippen LogP contribution in [0.5, 0.6) is 23.0 Å². The molecule has 1 aliphatic heterocycles. The molecule has 0 fully saturated rings. The maximum absolute atomic E-state index is 6.41. The zero-order chi connectivity index (χ0) is 21.2. The van der Waals surface area contributed by atoms with Crippen LogP contribution in [0.15, 0.2) is 60.9 Å². The van der Waals surface area contributed by atoms with Gasteiger partial charge in [-0.25, -0.2) is 9.97 Å². The van der Waals surface area contributed by atoms with E-state index in [4.69, 9.17) is 30.5 Å².